The van der Waals surface area contributed by atoms with Crippen LogP contribution in [0.15, 0.2) is 22.8 Å². The van der Waals surface area contributed by atoms with Crippen molar-refractivity contribution < 1.29 is 9.53 Å². The molecule has 1 aromatic heterocycles. The predicted molar refractivity (Wildman–Crippen MR) is 83.8 cm³/mol. The first kappa shape index (κ1) is 14.9. The van der Waals surface area contributed by atoms with Crippen molar-refractivity contribution in [3.8, 4) is 0 Å². The Labute approximate surface area is 127 Å². The van der Waals surface area contributed by atoms with Crippen LogP contribution < -0.4 is 5.32 Å². The number of nitrogens with one attached hydrogen (secondary N) is 2. The number of aromatic amines is 1. The van der Waals surface area contributed by atoms with Gasteiger partial charge in [-0.2, -0.15) is 0 Å². The van der Waals surface area contributed by atoms with Crippen molar-refractivity contribution in [2.24, 2.45) is 0 Å². The van der Waals surface area contributed by atoms with Gasteiger partial charge in [0.05, 0.1) is 11.2 Å². The minimum Gasteiger partial charge on any atom is -0.450 e. The minimum atomic E-state index is -0.356. The molecule has 2 aromatic rings. The van der Waals surface area contributed by atoms with Gasteiger partial charge in [0.15, 0.2) is 0 Å². The molecular formula is C15H19BrN2O2. The smallest absolute Gasteiger partial charge is 0.407 e. The molecule has 0 saturated heterocycles. The van der Waals surface area contributed by atoms with E-state index in [1.54, 1.807) is 0 Å². The van der Waals surface area contributed by atoms with Crippen LogP contribution in [0.25, 0.3) is 10.9 Å². The van der Waals surface area contributed by atoms with Gasteiger partial charge in [0.2, 0.25) is 0 Å². The van der Waals surface area contributed by atoms with Gasteiger partial charge in [0, 0.05) is 17.4 Å². The number of ether oxygens (including phenoxy) is 1. The number of halogens is 1. The SMILES string of the molecule is CCCCOC(=O)NCc1ccc2[nH]c(Br)c(C)c2c1. The van der Waals surface area contributed by atoms with Crippen LogP contribution in [0, 0.1) is 6.92 Å². The van der Waals surface area contributed by atoms with Crippen LogP contribution >= 0.6 is 15.9 Å². The first-order valence-electron chi connectivity index (χ1n) is 6.79. The number of hydrogen-bond acceptors (Lipinski definition) is 2. The number of carbonyl (C=O) groups is 1. The largest absolute Gasteiger partial charge is 0.450 e. The number of H-pyrrole nitrogens is 1. The second kappa shape index (κ2) is 6.79. The van der Waals surface area contributed by atoms with E-state index in [0.29, 0.717) is 13.2 Å². The molecule has 0 bridgehead atoms. The number of unbranched alkanes of at least 4 members (excludes halogenated alkanes) is 1. The average molecular weight is 339 g/mol. The van der Waals surface area contributed by atoms with Crippen LogP contribution in [0.1, 0.15) is 30.9 Å². The zero-order valence-electron chi connectivity index (χ0n) is 11.8. The number of carbonyl (C=O) groups excluding carboxylic acids is 1. The Kier molecular flexibility index (Phi) is 5.06. The summed E-state index contributed by atoms with van der Waals surface area (Å²) >= 11 is 3.49. The lowest BCUT2D eigenvalue weighted by atomic mass is 10.1. The number of amides is 1. The van der Waals surface area contributed by atoms with Crippen LogP contribution in [0.3, 0.4) is 0 Å². The molecule has 0 unspecified atom stereocenters. The van der Waals surface area contributed by atoms with Crippen molar-refractivity contribution in [2.75, 3.05) is 6.61 Å². The average Bonchev–Trinajstić information content (AvgIpc) is 2.72. The number of fused-ring (bicyclic) bond motifs is 1. The molecule has 0 aliphatic carbocycles. The number of rotatable bonds is 5. The van der Waals surface area contributed by atoms with Crippen LogP contribution in [0.5, 0.6) is 0 Å². The summed E-state index contributed by atoms with van der Waals surface area (Å²) in [6.07, 6.45) is 1.56. The first-order chi connectivity index (χ1) is 9.61. The van der Waals surface area contributed by atoms with Crippen molar-refractivity contribution in [1.29, 1.82) is 0 Å². The molecule has 0 atom stereocenters. The van der Waals surface area contributed by atoms with E-state index in [1.165, 1.54) is 5.56 Å². The molecule has 1 heterocycles. The molecule has 5 heteroatoms. The molecule has 0 radical (unpaired) electrons. The number of hydrogen-bond donors (Lipinski definition) is 2. The second-order valence-electron chi connectivity index (χ2n) is 4.79. The molecule has 0 saturated carbocycles. The van der Waals surface area contributed by atoms with Crippen molar-refractivity contribution in [3.05, 3.63) is 33.9 Å². The molecule has 2 N–H and O–H groups in total. The van der Waals surface area contributed by atoms with Gasteiger partial charge in [-0.1, -0.05) is 19.4 Å². The van der Waals surface area contributed by atoms with Crippen LogP contribution in [-0.4, -0.2) is 17.7 Å². The van der Waals surface area contributed by atoms with Gasteiger partial charge >= 0.3 is 6.09 Å². The molecule has 108 valence electrons. The van der Waals surface area contributed by atoms with Gasteiger partial charge in [-0.3, -0.25) is 0 Å². The maximum atomic E-state index is 11.5. The summed E-state index contributed by atoms with van der Waals surface area (Å²) in [7, 11) is 0. The number of benzene rings is 1. The van der Waals surface area contributed by atoms with E-state index in [4.69, 9.17) is 4.74 Å². The Balaban J connectivity index is 1.96. The minimum absolute atomic E-state index is 0.356. The summed E-state index contributed by atoms with van der Waals surface area (Å²) < 4.78 is 6.05. The fourth-order valence-corrected chi connectivity index (χ4v) is 2.41. The molecule has 1 amide bonds. The summed E-state index contributed by atoms with van der Waals surface area (Å²) in [5, 5.41) is 3.93. The lowest BCUT2D eigenvalue weighted by Gasteiger charge is -2.07. The van der Waals surface area contributed by atoms with Gasteiger partial charge in [-0.15, -0.1) is 0 Å². The van der Waals surface area contributed by atoms with Gasteiger partial charge in [0.1, 0.15) is 0 Å². The van der Waals surface area contributed by atoms with Crippen molar-refractivity contribution in [2.45, 2.75) is 33.2 Å². The number of aromatic nitrogens is 1. The second-order valence-corrected chi connectivity index (χ2v) is 5.58. The van der Waals surface area contributed by atoms with Gasteiger partial charge in [-0.05, 0) is 52.5 Å². The standard InChI is InChI=1S/C15H19BrN2O2/c1-3-4-7-20-15(19)17-9-11-5-6-13-12(8-11)10(2)14(16)18-13/h5-6,8,18H,3-4,7,9H2,1-2H3,(H,17,19). The van der Waals surface area contributed by atoms with E-state index >= 15 is 0 Å². The van der Waals surface area contributed by atoms with E-state index in [0.717, 1.165) is 33.9 Å². The summed E-state index contributed by atoms with van der Waals surface area (Å²) in [4.78, 5) is 14.7. The monoisotopic (exact) mass is 338 g/mol. The molecular weight excluding hydrogens is 320 g/mol. The van der Waals surface area contributed by atoms with E-state index in [1.807, 2.05) is 12.1 Å². The highest BCUT2D eigenvalue weighted by Gasteiger charge is 2.07. The molecule has 2 rings (SSSR count). The summed E-state index contributed by atoms with van der Waals surface area (Å²) in [5.74, 6) is 0. The third-order valence-electron chi connectivity index (χ3n) is 3.23. The Morgan fingerprint density at radius 3 is 3.00 bits per heavy atom. The number of aryl methyl sites for hydroxylation is 1. The topological polar surface area (TPSA) is 54.1 Å². The molecule has 0 spiro atoms. The summed E-state index contributed by atoms with van der Waals surface area (Å²) in [6, 6.07) is 6.10. The first-order valence-corrected chi connectivity index (χ1v) is 7.58. The van der Waals surface area contributed by atoms with E-state index in [9.17, 15) is 4.79 Å². The molecule has 0 aliphatic heterocycles. The highest BCUT2D eigenvalue weighted by atomic mass is 79.9. The van der Waals surface area contributed by atoms with Gasteiger partial charge in [0.25, 0.3) is 0 Å². The zero-order valence-corrected chi connectivity index (χ0v) is 13.3. The predicted octanol–water partition coefficient (Wildman–Crippen LogP) is 4.27. The van der Waals surface area contributed by atoms with Gasteiger partial charge < -0.3 is 15.0 Å². The Bertz CT molecular complexity index is 607. The Morgan fingerprint density at radius 1 is 1.45 bits per heavy atom. The molecule has 1 aromatic carbocycles. The van der Waals surface area contributed by atoms with Crippen LogP contribution in [-0.2, 0) is 11.3 Å². The van der Waals surface area contributed by atoms with Crippen LogP contribution in [0.2, 0.25) is 0 Å². The highest BCUT2D eigenvalue weighted by Crippen LogP contribution is 2.26. The van der Waals surface area contributed by atoms with Crippen LogP contribution in [0.4, 0.5) is 4.79 Å². The molecule has 20 heavy (non-hydrogen) atoms. The van der Waals surface area contributed by atoms with Gasteiger partial charge in [-0.25, -0.2) is 4.79 Å². The maximum absolute atomic E-state index is 11.5. The van der Waals surface area contributed by atoms with Crippen molar-refractivity contribution in [3.63, 3.8) is 0 Å². The Hall–Kier alpha value is -1.49. The molecule has 0 aliphatic rings. The number of alkyl carbamates (subject to hydrolysis) is 1. The summed E-state index contributed by atoms with van der Waals surface area (Å²) in [6.45, 7) is 5.07. The van der Waals surface area contributed by atoms with Crippen molar-refractivity contribution in [1.82, 2.24) is 10.3 Å². The normalized spacial score (nSPS) is 10.8. The Morgan fingerprint density at radius 2 is 2.25 bits per heavy atom. The van der Waals surface area contributed by atoms with Crippen molar-refractivity contribution >= 4 is 32.9 Å². The third-order valence-corrected chi connectivity index (χ3v) is 4.02. The quantitative estimate of drug-likeness (QED) is 0.800. The van der Waals surface area contributed by atoms with E-state index in [-0.39, 0.29) is 6.09 Å². The zero-order chi connectivity index (χ0) is 14.5. The lowest BCUT2D eigenvalue weighted by Crippen LogP contribution is -2.24. The maximum Gasteiger partial charge on any atom is 0.407 e. The lowest BCUT2D eigenvalue weighted by molar-refractivity contribution is 0.144. The highest BCUT2D eigenvalue weighted by molar-refractivity contribution is 9.10. The molecule has 0 fully saturated rings. The van der Waals surface area contributed by atoms with E-state index < -0.39 is 0 Å². The van der Waals surface area contributed by atoms with E-state index in [2.05, 4.69) is 46.1 Å². The third kappa shape index (κ3) is 3.54. The summed E-state index contributed by atoms with van der Waals surface area (Å²) in [5.41, 5.74) is 3.32. The fraction of sp³-hybridized carbons (Fsp3) is 0.400. The molecule has 4 nitrogen and oxygen atoms in total. The fourth-order valence-electron chi connectivity index (χ4n) is 1.99.